The molecule has 2 heterocycles. The van der Waals surface area contributed by atoms with Crippen LogP contribution in [0.25, 0.3) is 17.1 Å². The molecular weight excluding hydrogens is 542 g/mol. The third-order valence-corrected chi connectivity index (χ3v) is 7.13. The molecule has 0 bridgehead atoms. The Morgan fingerprint density at radius 3 is 2.50 bits per heavy atom. The first-order valence-corrected chi connectivity index (χ1v) is 13.2. The second kappa shape index (κ2) is 11.2. The highest BCUT2D eigenvalue weighted by molar-refractivity contribution is 9.10. The van der Waals surface area contributed by atoms with Crippen molar-refractivity contribution in [1.82, 2.24) is 14.8 Å². The summed E-state index contributed by atoms with van der Waals surface area (Å²) in [6, 6.07) is 22.6. The number of phenols is 1. The van der Waals surface area contributed by atoms with Crippen LogP contribution in [0.5, 0.6) is 5.75 Å². The minimum Gasteiger partial charge on any atom is -0.507 e. The highest BCUT2D eigenvalue weighted by Gasteiger charge is 2.20. The largest absolute Gasteiger partial charge is 0.507 e. The molecule has 36 heavy (non-hydrogen) atoms. The predicted octanol–water partition coefficient (Wildman–Crippen LogP) is 4.97. The van der Waals surface area contributed by atoms with Crippen LogP contribution in [0.15, 0.2) is 82.4 Å². The standard InChI is InChI=1S/C26H24BrN5O3S/c27-18-6-11-23(33)22(16-18)25-29-30-26(32(25)21-4-2-1-3-5-21)36-17-24(34)28-19-7-9-20(10-8-19)31-12-14-35-15-13-31/h1-11,16,33H,12-15,17H2,(H,28,34). The second-order valence-corrected chi connectivity index (χ2v) is 9.98. The van der Waals surface area contributed by atoms with Crippen molar-refractivity contribution in [3.8, 4) is 22.8 Å². The average Bonchev–Trinajstić information content (AvgIpc) is 3.34. The summed E-state index contributed by atoms with van der Waals surface area (Å²) in [5.74, 6) is 0.591. The number of aromatic hydroxyl groups is 1. The molecule has 0 radical (unpaired) electrons. The van der Waals surface area contributed by atoms with Gasteiger partial charge < -0.3 is 20.1 Å². The number of para-hydroxylation sites is 1. The Morgan fingerprint density at radius 2 is 1.75 bits per heavy atom. The molecule has 2 N–H and O–H groups in total. The average molecular weight is 566 g/mol. The van der Waals surface area contributed by atoms with E-state index >= 15 is 0 Å². The number of morpholine rings is 1. The molecular formula is C26H24BrN5O3S. The maximum Gasteiger partial charge on any atom is 0.234 e. The quantitative estimate of drug-likeness (QED) is 0.305. The number of halogens is 1. The minimum atomic E-state index is -0.145. The lowest BCUT2D eigenvalue weighted by Crippen LogP contribution is -2.36. The fourth-order valence-corrected chi connectivity index (χ4v) is 5.05. The Balaban J connectivity index is 1.31. The van der Waals surface area contributed by atoms with Gasteiger partial charge >= 0.3 is 0 Å². The van der Waals surface area contributed by atoms with Crippen LogP contribution in [0.2, 0.25) is 0 Å². The smallest absolute Gasteiger partial charge is 0.234 e. The molecule has 1 aliphatic heterocycles. The Bertz CT molecular complexity index is 1340. The molecule has 184 valence electrons. The highest BCUT2D eigenvalue weighted by atomic mass is 79.9. The van der Waals surface area contributed by atoms with Crippen LogP contribution in [0, 0.1) is 0 Å². The number of nitrogens with one attached hydrogen (secondary N) is 1. The fraction of sp³-hybridized carbons (Fsp3) is 0.192. The number of aromatic nitrogens is 3. The van der Waals surface area contributed by atoms with E-state index in [1.54, 1.807) is 18.2 Å². The molecule has 1 amide bonds. The molecule has 0 unspecified atom stereocenters. The molecule has 8 nitrogen and oxygen atoms in total. The van der Waals surface area contributed by atoms with Gasteiger partial charge in [0.05, 0.1) is 24.5 Å². The molecule has 10 heteroatoms. The number of thioether (sulfide) groups is 1. The summed E-state index contributed by atoms with van der Waals surface area (Å²) in [6.07, 6.45) is 0. The van der Waals surface area contributed by atoms with Crippen LogP contribution in [-0.4, -0.2) is 57.8 Å². The van der Waals surface area contributed by atoms with E-state index in [9.17, 15) is 9.90 Å². The van der Waals surface area contributed by atoms with Crippen molar-refractivity contribution in [2.75, 3.05) is 42.3 Å². The predicted molar refractivity (Wildman–Crippen MR) is 145 cm³/mol. The van der Waals surface area contributed by atoms with Gasteiger partial charge in [0.2, 0.25) is 5.91 Å². The topological polar surface area (TPSA) is 92.5 Å². The van der Waals surface area contributed by atoms with Crippen molar-refractivity contribution >= 4 is 45.0 Å². The first-order valence-electron chi connectivity index (χ1n) is 11.4. The normalized spacial score (nSPS) is 13.5. The van der Waals surface area contributed by atoms with Gasteiger partial charge in [0, 0.05) is 34.6 Å². The number of nitrogens with zero attached hydrogens (tertiary/aromatic N) is 4. The SMILES string of the molecule is O=C(CSc1nnc(-c2cc(Br)ccc2O)n1-c1ccccc1)Nc1ccc(N2CCOCC2)cc1. The molecule has 3 aromatic carbocycles. The third kappa shape index (κ3) is 5.56. The van der Waals surface area contributed by atoms with Crippen molar-refractivity contribution in [2.45, 2.75) is 5.16 Å². The van der Waals surface area contributed by atoms with Gasteiger partial charge in [0.15, 0.2) is 11.0 Å². The van der Waals surface area contributed by atoms with Gasteiger partial charge in [0.25, 0.3) is 0 Å². The number of hydrogen-bond acceptors (Lipinski definition) is 7. The number of rotatable bonds is 7. The van der Waals surface area contributed by atoms with Gasteiger partial charge in [-0.25, -0.2) is 0 Å². The second-order valence-electron chi connectivity index (χ2n) is 8.12. The Morgan fingerprint density at radius 1 is 1.00 bits per heavy atom. The zero-order valence-corrected chi connectivity index (χ0v) is 21.7. The van der Waals surface area contributed by atoms with E-state index in [0.717, 1.165) is 47.8 Å². The van der Waals surface area contributed by atoms with E-state index in [2.05, 4.69) is 36.3 Å². The van der Waals surface area contributed by atoms with Gasteiger partial charge in [-0.05, 0) is 54.6 Å². The maximum absolute atomic E-state index is 12.7. The monoisotopic (exact) mass is 565 g/mol. The summed E-state index contributed by atoms with van der Waals surface area (Å²) in [5, 5.41) is 22.7. The first-order chi connectivity index (χ1) is 17.6. The lowest BCUT2D eigenvalue weighted by Gasteiger charge is -2.28. The number of benzene rings is 3. The van der Waals surface area contributed by atoms with E-state index < -0.39 is 0 Å². The summed E-state index contributed by atoms with van der Waals surface area (Å²) in [6.45, 7) is 3.19. The number of carbonyl (C=O) groups excluding carboxylic acids is 1. The number of ether oxygens (including phenoxy) is 1. The Kier molecular flexibility index (Phi) is 7.55. The molecule has 1 aliphatic rings. The molecule has 0 atom stereocenters. The summed E-state index contributed by atoms with van der Waals surface area (Å²) >= 11 is 4.74. The van der Waals surface area contributed by atoms with Crippen LogP contribution in [0.3, 0.4) is 0 Å². The van der Waals surface area contributed by atoms with Gasteiger partial charge in [-0.15, -0.1) is 10.2 Å². The van der Waals surface area contributed by atoms with Crippen molar-refractivity contribution in [1.29, 1.82) is 0 Å². The molecule has 0 spiro atoms. The number of amides is 1. The number of carbonyl (C=O) groups is 1. The lowest BCUT2D eigenvalue weighted by atomic mass is 10.2. The van der Waals surface area contributed by atoms with Gasteiger partial charge in [-0.2, -0.15) is 0 Å². The van der Waals surface area contributed by atoms with E-state index in [1.807, 2.05) is 59.2 Å². The number of hydrogen-bond donors (Lipinski definition) is 2. The summed E-state index contributed by atoms with van der Waals surface area (Å²) in [5.41, 5.74) is 3.22. The molecule has 5 rings (SSSR count). The number of anilines is 2. The van der Waals surface area contributed by atoms with E-state index in [0.29, 0.717) is 16.5 Å². The Hall–Kier alpha value is -3.34. The molecule has 1 saturated heterocycles. The zero-order valence-electron chi connectivity index (χ0n) is 19.3. The maximum atomic E-state index is 12.7. The van der Waals surface area contributed by atoms with Crippen molar-refractivity contribution in [3.05, 3.63) is 77.3 Å². The van der Waals surface area contributed by atoms with E-state index in [4.69, 9.17) is 4.74 Å². The van der Waals surface area contributed by atoms with E-state index in [-0.39, 0.29) is 17.4 Å². The summed E-state index contributed by atoms with van der Waals surface area (Å²) < 4.78 is 8.06. The zero-order chi connectivity index (χ0) is 24.9. The fourth-order valence-electron chi connectivity index (χ4n) is 3.94. The van der Waals surface area contributed by atoms with Crippen LogP contribution in [-0.2, 0) is 9.53 Å². The van der Waals surface area contributed by atoms with E-state index in [1.165, 1.54) is 11.8 Å². The van der Waals surface area contributed by atoms with Crippen molar-refractivity contribution < 1.29 is 14.6 Å². The molecule has 0 saturated carbocycles. The van der Waals surface area contributed by atoms with Crippen LogP contribution in [0.1, 0.15) is 0 Å². The lowest BCUT2D eigenvalue weighted by molar-refractivity contribution is -0.113. The van der Waals surface area contributed by atoms with Gasteiger partial charge in [0.1, 0.15) is 5.75 Å². The number of phenolic OH excluding ortho intramolecular Hbond substituents is 1. The van der Waals surface area contributed by atoms with Crippen LogP contribution in [0.4, 0.5) is 11.4 Å². The van der Waals surface area contributed by atoms with Crippen LogP contribution >= 0.6 is 27.7 Å². The Labute approximate surface area is 221 Å². The molecule has 4 aromatic rings. The first kappa shape index (κ1) is 24.4. The molecule has 1 fully saturated rings. The van der Waals surface area contributed by atoms with Gasteiger partial charge in [-0.3, -0.25) is 9.36 Å². The summed E-state index contributed by atoms with van der Waals surface area (Å²) in [4.78, 5) is 15.0. The van der Waals surface area contributed by atoms with Gasteiger partial charge in [-0.1, -0.05) is 45.9 Å². The molecule has 0 aliphatic carbocycles. The van der Waals surface area contributed by atoms with Crippen molar-refractivity contribution in [3.63, 3.8) is 0 Å². The van der Waals surface area contributed by atoms with Crippen molar-refractivity contribution in [2.24, 2.45) is 0 Å². The minimum absolute atomic E-state index is 0.0950. The summed E-state index contributed by atoms with van der Waals surface area (Å²) in [7, 11) is 0. The molecule has 1 aromatic heterocycles. The van der Waals surface area contributed by atoms with Crippen LogP contribution < -0.4 is 10.2 Å². The third-order valence-electron chi connectivity index (χ3n) is 5.71. The highest BCUT2D eigenvalue weighted by Crippen LogP contribution is 2.34.